The lowest BCUT2D eigenvalue weighted by Crippen LogP contribution is -2.25. The van der Waals surface area contributed by atoms with Gasteiger partial charge in [0, 0.05) is 12.1 Å². The first-order chi connectivity index (χ1) is 18.2. The van der Waals surface area contributed by atoms with Crippen LogP contribution in [0.2, 0.25) is 0 Å². The van der Waals surface area contributed by atoms with E-state index < -0.39 is 12.3 Å². The molecule has 0 radical (unpaired) electrons. The van der Waals surface area contributed by atoms with Gasteiger partial charge in [-0.05, 0) is 72.4 Å². The first kappa shape index (κ1) is 28.6. The van der Waals surface area contributed by atoms with Crippen LogP contribution in [0.5, 0.6) is 11.5 Å². The van der Waals surface area contributed by atoms with Crippen molar-refractivity contribution in [2.45, 2.75) is 44.9 Å². The Bertz CT molecular complexity index is 1160. The number of nitrogens with one attached hydrogen (secondary N) is 1. The molecule has 0 heterocycles. The van der Waals surface area contributed by atoms with Crippen molar-refractivity contribution in [2.75, 3.05) is 13.2 Å². The molecule has 3 aromatic rings. The van der Waals surface area contributed by atoms with Crippen molar-refractivity contribution in [3.8, 4) is 22.6 Å². The molecule has 38 heavy (non-hydrogen) atoms. The zero-order chi connectivity index (χ0) is 27.4. The first-order valence-corrected chi connectivity index (χ1v) is 12.4. The summed E-state index contributed by atoms with van der Waals surface area (Å²) in [6, 6.07) is 20.5. The Kier molecular flexibility index (Phi) is 10.6. The van der Waals surface area contributed by atoms with E-state index in [0.717, 1.165) is 54.5 Å². The van der Waals surface area contributed by atoms with Gasteiger partial charge in [-0.2, -0.15) is 0 Å². The van der Waals surface area contributed by atoms with Crippen LogP contribution in [0, 0.1) is 0 Å². The van der Waals surface area contributed by atoms with E-state index in [2.05, 4.69) is 10.1 Å². The van der Waals surface area contributed by atoms with Crippen LogP contribution in [0.1, 0.15) is 48.0 Å². The number of aliphatic carboxylic acids is 1. The molecule has 0 aromatic heterocycles. The Morgan fingerprint density at radius 3 is 1.92 bits per heavy atom. The number of alkyl halides is 3. The highest BCUT2D eigenvalue weighted by Gasteiger charge is 2.30. The number of rotatable bonds is 14. The molecule has 0 aliphatic carbocycles. The lowest BCUT2D eigenvalue weighted by molar-refractivity contribution is -0.274. The molecule has 6 nitrogen and oxygen atoms in total. The lowest BCUT2D eigenvalue weighted by atomic mass is 10.0. The van der Waals surface area contributed by atoms with E-state index >= 15 is 0 Å². The number of hydrogen-bond donors (Lipinski definition) is 2. The second-order valence-electron chi connectivity index (χ2n) is 8.71. The number of halogens is 3. The van der Waals surface area contributed by atoms with Crippen molar-refractivity contribution >= 4 is 11.9 Å². The van der Waals surface area contributed by atoms with Gasteiger partial charge in [0.25, 0.3) is 5.91 Å². The van der Waals surface area contributed by atoms with Crippen LogP contribution in [0.25, 0.3) is 11.1 Å². The summed E-state index contributed by atoms with van der Waals surface area (Å²) >= 11 is 0. The van der Waals surface area contributed by atoms with Gasteiger partial charge < -0.3 is 19.9 Å². The van der Waals surface area contributed by atoms with Gasteiger partial charge in [0.1, 0.15) is 11.5 Å². The minimum atomic E-state index is -4.71. The third kappa shape index (κ3) is 10.2. The van der Waals surface area contributed by atoms with Gasteiger partial charge in [-0.1, -0.05) is 49.2 Å². The Balaban J connectivity index is 1.30. The number of hydrogen-bond acceptors (Lipinski definition) is 4. The molecule has 0 saturated carbocycles. The number of carbonyl (C=O) groups is 2. The summed E-state index contributed by atoms with van der Waals surface area (Å²) in [7, 11) is 0. The molecule has 9 heteroatoms. The fraction of sp³-hybridized carbons (Fsp3) is 0.310. The molecule has 1 amide bonds. The van der Waals surface area contributed by atoms with Crippen LogP contribution in [-0.4, -0.2) is 36.5 Å². The standard InChI is InChI=1S/C29H30F3NO5/c30-29(31,32)38-26-16-12-23(13-17-26)22-10-14-25(15-11-22)37-20-4-2-1-3-5-21-6-8-24(9-7-21)28(36)33-19-18-27(34)35/h6-17H,1-5,18-20H2,(H,33,36)(H,34,35). The molecule has 0 unspecified atom stereocenters. The number of benzene rings is 3. The van der Waals surface area contributed by atoms with E-state index in [1.54, 1.807) is 24.3 Å². The van der Waals surface area contributed by atoms with E-state index in [-0.39, 0.29) is 24.6 Å². The van der Waals surface area contributed by atoms with Crippen LogP contribution >= 0.6 is 0 Å². The van der Waals surface area contributed by atoms with Gasteiger partial charge in [-0.25, -0.2) is 0 Å². The average molecular weight is 530 g/mol. The average Bonchev–Trinajstić information content (AvgIpc) is 2.88. The number of ether oxygens (including phenoxy) is 2. The molecule has 0 aliphatic heterocycles. The van der Waals surface area contributed by atoms with Crippen molar-refractivity contribution in [2.24, 2.45) is 0 Å². The van der Waals surface area contributed by atoms with Crippen LogP contribution < -0.4 is 14.8 Å². The number of aryl methyl sites for hydroxylation is 1. The highest BCUT2D eigenvalue weighted by Crippen LogP contribution is 2.27. The maximum absolute atomic E-state index is 12.3. The van der Waals surface area contributed by atoms with E-state index in [1.165, 1.54) is 12.1 Å². The summed E-state index contributed by atoms with van der Waals surface area (Å²) in [5.41, 5.74) is 3.30. The maximum atomic E-state index is 12.3. The third-order valence-electron chi connectivity index (χ3n) is 5.74. The third-order valence-corrected chi connectivity index (χ3v) is 5.74. The van der Waals surface area contributed by atoms with E-state index in [9.17, 15) is 22.8 Å². The predicted octanol–water partition coefficient (Wildman–Crippen LogP) is 6.64. The number of carbonyl (C=O) groups excluding carboxylic acids is 1. The largest absolute Gasteiger partial charge is 0.573 e. The molecule has 0 aliphatic rings. The number of carboxylic acids is 1. The van der Waals surface area contributed by atoms with E-state index in [4.69, 9.17) is 9.84 Å². The molecular weight excluding hydrogens is 499 g/mol. The quantitative estimate of drug-likeness (QED) is 0.229. The van der Waals surface area contributed by atoms with E-state index in [0.29, 0.717) is 12.2 Å². The first-order valence-electron chi connectivity index (χ1n) is 12.4. The topological polar surface area (TPSA) is 84.9 Å². The summed E-state index contributed by atoms with van der Waals surface area (Å²) in [5.74, 6) is -0.747. The minimum Gasteiger partial charge on any atom is -0.494 e. The highest BCUT2D eigenvalue weighted by atomic mass is 19.4. The summed E-state index contributed by atoms with van der Waals surface area (Å²) in [6.07, 6.45) is 0.102. The van der Waals surface area contributed by atoms with E-state index in [1.807, 2.05) is 36.4 Å². The molecular formula is C29H30F3NO5. The van der Waals surface area contributed by atoms with Crippen molar-refractivity contribution in [1.29, 1.82) is 0 Å². The summed E-state index contributed by atoms with van der Waals surface area (Å²) in [5, 5.41) is 11.2. The molecule has 0 fully saturated rings. The predicted molar refractivity (Wildman–Crippen MR) is 137 cm³/mol. The zero-order valence-corrected chi connectivity index (χ0v) is 20.8. The molecule has 2 N–H and O–H groups in total. The van der Waals surface area contributed by atoms with Gasteiger partial charge >= 0.3 is 12.3 Å². The maximum Gasteiger partial charge on any atom is 0.573 e. The minimum absolute atomic E-state index is 0.104. The van der Waals surface area contributed by atoms with Crippen molar-refractivity contribution in [1.82, 2.24) is 5.32 Å². The molecule has 3 aromatic carbocycles. The van der Waals surface area contributed by atoms with Gasteiger partial charge in [-0.15, -0.1) is 13.2 Å². The normalized spacial score (nSPS) is 11.1. The Morgan fingerprint density at radius 2 is 1.34 bits per heavy atom. The second-order valence-corrected chi connectivity index (χ2v) is 8.71. The van der Waals surface area contributed by atoms with Crippen molar-refractivity contribution < 1.29 is 37.3 Å². The fourth-order valence-corrected chi connectivity index (χ4v) is 3.78. The Labute approximate surface area is 219 Å². The summed E-state index contributed by atoms with van der Waals surface area (Å²) in [6.45, 7) is 0.695. The Hall–Kier alpha value is -4.01. The zero-order valence-electron chi connectivity index (χ0n) is 20.8. The summed E-state index contributed by atoms with van der Waals surface area (Å²) in [4.78, 5) is 22.5. The highest BCUT2D eigenvalue weighted by molar-refractivity contribution is 5.94. The van der Waals surface area contributed by atoms with Crippen molar-refractivity contribution in [3.63, 3.8) is 0 Å². The number of amides is 1. The number of carboxylic acid groups (broad SMARTS) is 1. The van der Waals surface area contributed by atoms with Gasteiger partial charge in [0.2, 0.25) is 0 Å². The van der Waals surface area contributed by atoms with Crippen LogP contribution in [0.15, 0.2) is 72.8 Å². The Morgan fingerprint density at radius 1 is 0.763 bits per heavy atom. The van der Waals surface area contributed by atoms with Crippen LogP contribution in [0.4, 0.5) is 13.2 Å². The molecule has 0 bridgehead atoms. The van der Waals surface area contributed by atoms with Gasteiger partial charge in [0.05, 0.1) is 13.0 Å². The van der Waals surface area contributed by atoms with Gasteiger partial charge in [0.15, 0.2) is 0 Å². The molecule has 3 rings (SSSR count). The lowest BCUT2D eigenvalue weighted by Gasteiger charge is -2.10. The molecule has 0 atom stereocenters. The molecule has 202 valence electrons. The van der Waals surface area contributed by atoms with Crippen LogP contribution in [0.3, 0.4) is 0 Å². The number of unbranched alkanes of at least 4 members (excludes halogenated alkanes) is 3. The van der Waals surface area contributed by atoms with Crippen molar-refractivity contribution in [3.05, 3.63) is 83.9 Å². The summed E-state index contributed by atoms with van der Waals surface area (Å²) < 4.78 is 46.6. The van der Waals surface area contributed by atoms with Gasteiger partial charge in [-0.3, -0.25) is 9.59 Å². The monoisotopic (exact) mass is 529 g/mol. The van der Waals surface area contributed by atoms with Crippen LogP contribution in [-0.2, 0) is 11.2 Å². The smallest absolute Gasteiger partial charge is 0.494 e. The second kappa shape index (κ2) is 14.1. The molecule has 0 saturated heterocycles. The SMILES string of the molecule is O=C(O)CCNC(=O)c1ccc(CCCCCCOc2ccc(-c3ccc(OC(F)(F)F)cc3)cc2)cc1. The molecule has 0 spiro atoms. The fourth-order valence-electron chi connectivity index (χ4n) is 3.78.